The first-order valence-electron chi connectivity index (χ1n) is 7.54. The third kappa shape index (κ3) is 4.14. The summed E-state index contributed by atoms with van der Waals surface area (Å²) in [6, 6.07) is 6.57. The van der Waals surface area contributed by atoms with Crippen LogP contribution in [0.5, 0.6) is 0 Å². The first-order chi connectivity index (χ1) is 11.5. The number of rotatable bonds is 3. The Morgan fingerprint density at radius 2 is 1.71 bits per heavy atom. The maximum atomic E-state index is 12.4. The average Bonchev–Trinajstić information content (AvgIpc) is 2.54. The van der Waals surface area contributed by atoms with Crippen molar-refractivity contribution in [2.45, 2.75) is 0 Å². The number of carbonyl (C=O) groups is 1. The van der Waals surface area contributed by atoms with E-state index in [1.165, 1.54) is 6.33 Å². The van der Waals surface area contributed by atoms with Gasteiger partial charge in [-0.2, -0.15) is 0 Å². The summed E-state index contributed by atoms with van der Waals surface area (Å²) in [7, 11) is 2.09. The molecule has 0 atom stereocenters. The van der Waals surface area contributed by atoms with Crippen molar-refractivity contribution in [1.29, 1.82) is 0 Å². The molecule has 0 radical (unpaired) electrons. The monoisotopic (exact) mass is 365 g/mol. The molecule has 3 rings (SSSR count). The van der Waals surface area contributed by atoms with Gasteiger partial charge in [-0.05, 0) is 25.2 Å². The summed E-state index contributed by atoms with van der Waals surface area (Å²) in [4.78, 5) is 25.2. The molecule has 126 valence electrons. The minimum Gasteiger partial charge on any atom is -0.354 e. The molecule has 1 aromatic heterocycles. The first kappa shape index (κ1) is 17.0. The van der Waals surface area contributed by atoms with Crippen molar-refractivity contribution in [3.05, 3.63) is 46.3 Å². The van der Waals surface area contributed by atoms with Crippen molar-refractivity contribution in [3.63, 3.8) is 0 Å². The number of carbonyl (C=O) groups excluding carboxylic acids is 1. The standard InChI is InChI=1S/C16H17Cl2N5O/c1-22-2-4-23(5-3-22)15-9-14(19-10-20-15)16(24)21-13-7-11(17)6-12(18)8-13/h6-10H,2-5H2,1H3,(H,21,24). The number of halogens is 2. The number of piperazine rings is 1. The third-order valence-electron chi connectivity index (χ3n) is 3.83. The second-order valence-electron chi connectivity index (χ2n) is 5.66. The Balaban J connectivity index is 1.74. The summed E-state index contributed by atoms with van der Waals surface area (Å²) >= 11 is 11.9. The number of amides is 1. The molecule has 0 aliphatic carbocycles. The fourth-order valence-electron chi connectivity index (χ4n) is 2.50. The van der Waals surface area contributed by atoms with Crippen molar-refractivity contribution in [3.8, 4) is 0 Å². The van der Waals surface area contributed by atoms with Crippen LogP contribution in [0, 0.1) is 0 Å². The van der Waals surface area contributed by atoms with Crippen molar-refractivity contribution in [2.24, 2.45) is 0 Å². The Hall–Kier alpha value is -1.89. The predicted octanol–water partition coefficient (Wildman–Crippen LogP) is 2.79. The van der Waals surface area contributed by atoms with Crippen LogP contribution in [0.4, 0.5) is 11.5 Å². The quantitative estimate of drug-likeness (QED) is 0.905. The normalized spacial score (nSPS) is 15.4. The second kappa shape index (κ2) is 7.34. The van der Waals surface area contributed by atoms with Gasteiger partial charge in [0.2, 0.25) is 0 Å². The maximum absolute atomic E-state index is 12.4. The van der Waals surface area contributed by atoms with Crippen LogP contribution in [0.1, 0.15) is 10.5 Å². The zero-order valence-corrected chi connectivity index (χ0v) is 14.7. The molecule has 1 N–H and O–H groups in total. The molecule has 6 nitrogen and oxygen atoms in total. The van der Waals surface area contributed by atoms with E-state index in [-0.39, 0.29) is 5.91 Å². The lowest BCUT2D eigenvalue weighted by Crippen LogP contribution is -2.44. The number of aromatic nitrogens is 2. The van der Waals surface area contributed by atoms with Gasteiger partial charge in [0.05, 0.1) is 0 Å². The topological polar surface area (TPSA) is 61.4 Å². The van der Waals surface area contributed by atoms with Crippen molar-refractivity contribution < 1.29 is 4.79 Å². The molecule has 1 saturated heterocycles. The molecule has 24 heavy (non-hydrogen) atoms. The Labute approximate surface area is 150 Å². The number of hydrogen-bond acceptors (Lipinski definition) is 5. The minimum atomic E-state index is -0.328. The number of benzene rings is 1. The maximum Gasteiger partial charge on any atom is 0.274 e. The molecule has 0 spiro atoms. The van der Waals surface area contributed by atoms with E-state index in [1.807, 2.05) is 0 Å². The summed E-state index contributed by atoms with van der Waals surface area (Å²) in [5.74, 6) is 0.429. The van der Waals surface area contributed by atoms with E-state index in [0.717, 1.165) is 32.0 Å². The SMILES string of the molecule is CN1CCN(c2cc(C(=O)Nc3cc(Cl)cc(Cl)c3)ncn2)CC1. The number of nitrogens with zero attached hydrogens (tertiary/aromatic N) is 4. The highest BCUT2D eigenvalue weighted by atomic mass is 35.5. The van der Waals surface area contributed by atoms with Crippen molar-refractivity contribution >= 4 is 40.6 Å². The molecule has 1 aromatic carbocycles. The molecular weight excluding hydrogens is 349 g/mol. The molecule has 2 aromatic rings. The van der Waals surface area contributed by atoms with Crippen molar-refractivity contribution in [2.75, 3.05) is 43.4 Å². The molecule has 1 amide bonds. The number of anilines is 2. The van der Waals surface area contributed by atoms with Crippen LogP contribution in [-0.4, -0.2) is 54.0 Å². The Morgan fingerprint density at radius 3 is 2.38 bits per heavy atom. The molecule has 8 heteroatoms. The van der Waals surface area contributed by atoms with Crippen LogP contribution in [0.15, 0.2) is 30.6 Å². The summed E-state index contributed by atoms with van der Waals surface area (Å²) < 4.78 is 0. The lowest BCUT2D eigenvalue weighted by atomic mass is 10.2. The highest BCUT2D eigenvalue weighted by molar-refractivity contribution is 6.35. The largest absolute Gasteiger partial charge is 0.354 e. The van der Waals surface area contributed by atoms with Gasteiger partial charge in [-0.3, -0.25) is 4.79 Å². The van der Waals surface area contributed by atoms with Crippen LogP contribution in [0.25, 0.3) is 0 Å². The fraction of sp³-hybridized carbons (Fsp3) is 0.312. The van der Waals surface area contributed by atoms with E-state index in [1.54, 1.807) is 24.3 Å². The van der Waals surface area contributed by atoms with Gasteiger partial charge in [0.25, 0.3) is 5.91 Å². The first-order valence-corrected chi connectivity index (χ1v) is 8.30. The van der Waals surface area contributed by atoms with E-state index in [4.69, 9.17) is 23.2 Å². The third-order valence-corrected chi connectivity index (χ3v) is 4.27. The van der Waals surface area contributed by atoms with Gasteiger partial charge in [-0.15, -0.1) is 0 Å². The smallest absolute Gasteiger partial charge is 0.274 e. The van der Waals surface area contributed by atoms with Crippen LogP contribution in [0.3, 0.4) is 0 Å². The molecule has 0 bridgehead atoms. The van der Waals surface area contributed by atoms with Gasteiger partial charge in [0.15, 0.2) is 0 Å². The summed E-state index contributed by atoms with van der Waals surface area (Å²) in [5.41, 5.74) is 0.826. The molecule has 0 saturated carbocycles. The minimum absolute atomic E-state index is 0.301. The Morgan fingerprint density at radius 1 is 1.04 bits per heavy atom. The van der Waals surface area contributed by atoms with Crippen LogP contribution < -0.4 is 10.2 Å². The lowest BCUT2D eigenvalue weighted by Gasteiger charge is -2.33. The van der Waals surface area contributed by atoms with Gasteiger partial charge in [-0.1, -0.05) is 23.2 Å². The fourth-order valence-corrected chi connectivity index (χ4v) is 3.03. The molecule has 0 unspecified atom stereocenters. The zero-order valence-electron chi connectivity index (χ0n) is 13.2. The molecule has 1 fully saturated rings. The van der Waals surface area contributed by atoms with Crippen LogP contribution in [-0.2, 0) is 0 Å². The number of hydrogen-bond donors (Lipinski definition) is 1. The van der Waals surface area contributed by atoms with Crippen LogP contribution >= 0.6 is 23.2 Å². The van der Waals surface area contributed by atoms with Gasteiger partial charge < -0.3 is 15.1 Å². The molecular formula is C16H17Cl2N5O. The van der Waals surface area contributed by atoms with Gasteiger partial charge in [-0.25, -0.2) is 9.97 Å². The van der Waals surface area contributed by atoms with E-state index < -0.39 is 0 Å². The number of nitrogens with one attached hydrogen (secondary N) is 1. The van der Waals surface area contributed by atoms with E-state index in [0.29, 0.717) is 21.4 Å². The van der Waals surface area contributed by atoms with Gasteiger partial charge in [0.1, 0.15) is 17.8 Å². The van der Waals surface area contributed by atoms with Gasteiger partial charge in [0, 0.05) is 48.0 Å². The van der Waals surface area contributed by atoms with E-state index in [2.05, 4.69) is 32.1 Å². The summed E-state index contributed by atoms with van der Waals surface area (Å²) in [6.45, 7) is 3.68. The van der Waals surface area contributed by atoms with Gasteiger partial charge >= 0.3 is 0 Å². The summed E-state index contributed by atoms with van der Waals surface area (Å²) in [6.07, 6.45) is 1.41. The average molecular weight is 366 g/mol. The van der Waals surface area contributed by atoms with E-state index >= 15 is 0 Å². The zero-order chi connectivity index (χ0) is 17.1. The van der Waals surface area contributed by atoms with Crippen LogP contribution in [0.2, 0.25) is 10.0 Å². The highest BCUT2D eigenvalue weighted by Gasteiger charge is 2.17. The molecule has 1 aliphatic rings. The molecule has 1 aliphatic heterocycles. The summed E-state index contributed by atoms with van der Waals surface area (Å²) in [5, 5.41) is 3.67. The lowest BCUT2D eigenvalue weighted by molar-refractivity contribution is 0.102. The Bertz CT molecular complexity index is 727. The second-order valence-corrected chi connectivity index (χ2v) is 6.54. The van der Waals surface area contributed by atoms with Crippen molar-refractivity contribution in [1.82, 2.24) is 14.9 Å². The van der Waals surface area contributed by atoms with E-state index in [9.17, 15) is 4.79 Å². The molecule has 2 heterocycles. The predicted molar refractivity (Wildman–Crippen MR) is 96.2 cm³/mol. The number of likely N-dealkylation sites (N-methyl/N-ethyl adjacent to an activating group) is 1. The Kier molecular flexibility index (Phi) is 5.18. The highest BCUT2D eigenvalue weighted by Crippen LogP contribution is 2.23.